The summed E-state index contributed by atoms with van der Waals surface area (Å²) in [5.74, 6) is 5.06. The molecule has 0 spiro atoms. The zero-order valence-electron chi connectivity index (χ0n) is 10.9. The molecule has 88 valence electrons. The van der Waals surface area contributed by atoms with Crippen molar-refractivity contribution in [3.8, 4) is 12.3 Å². The minimum Gasteiger partial charge on any atom is -0.115 e. The Hall–Kier alpha value is -0.960. The highest BCUT2D eigenvalue weighted by atomic mass is 14.2. The molecule has 0 heterocycles. The molecule has 0 heteroatoms. The Labute approximate surface area is 101 Å². The predicted molar refractivity (Wildman–Crippen MR) is 72.0 cm³/mol. The number of hydrogen-bond acceptors (Lipinski definition) is 0. The van der Waals surface area contributed by atoms with E-state index in [2.05, 4.69) is 44.9 Å². The predicted octanol–water partition coefficient (Wildman–Crippen LogP) is 4.58. The standard InChI is InChI=1S/C16H24/c1-5-14-8-11-16(12-9-14)15(6-2)10-7-13(3)4/h1,8-9,11,13,15-16H,6-7,10,12H2,2-4H3. The van der Waals surface area contributed by atoms with E-state index in [1.165, 1.54) is 19.3 Å². The van der Waals surface area contributed by atoms with Crippen LogP contribution in [0.25, 0.3) is 0 Å². The van der Waals surface area contributed by atoms with Crippen LogP contribution in [0.4, 0.5) is 0 Å². The van der Waals surface area contributed by atoms with Crippen molar-refractivity contribution in [1.82, 2.24) is 0 Å². The first-order chi connectivity index (χ1) is 7.67. The molecule has 0 N–H and O–H groups in total. The third-order valence-corrected chi connectivity index (χ3v) is 3.54. The van der Waals surface area contributed by atoms with Crippen LogP contribution in [0.15, 0.2) is 23.8 Å². The van der Waals surface area contributed by atoms with Gasteiger partial charge in [0, 0.05) is 5.57 Å². The first-order valence-electron chi connectivity index (χ1n) is 6.52. The molecular formula is C16H24. The molecule has 1 aliphatic rings. The van der Waals surface area contributed by atoms with Crippen LogP contribution in [0.1, 0.15) is 46.5 Å². The van der Waals surface area contributed by atoms with Crippen molar-refractivity contribution in [2.24, 2.45) is 17.8 Å². The van der Waals surface area contributed by atoms with Gasteiger partial charge in [-0.15, -0.1) is 6.42 Å². The van der Waals surface area contributed by atoms with Crippen LogP contribution in [-0.2, 0) is 0 Å². The molecule has 2 unspecified atom stereocenters. The molecule has 2 atom stereocenters. The third kappa shape index (κ3) is 3.89. The molecule has 0 aromatic carbocycles. The van der Waals surface area contributed by atoms with E-state index in [1.54, 1.807) is 0 Å². The molecule has 0 amide bonds. The lowest BCUT2D eigenvalue weighted by Crippen LogP contribution is -2.14. The molecule has 0 nitrogen and oxygen atoms in total. The van der Waals surface area contributed by atoms with Crippen molar-refractivity contribution in [3.63, 3.8) is 0 Å². The number of hydrogen-bond donors (Lipinski definition) is 0. The summed E-state index contributed by atoms with van der Waals surface area (Å²) >= 11 is 0. The summed E-state index contributed by atoms with van der Waals surface area (Å²) in [7, 11) is 0. The van der Waals surface area contributed by atoms with E-state index in [-0.39, 0.29) is 0 Å². The van der Waals surface area contributed by atoms with Gasteiger partial charge in [0.2, 0.25) is 0 Å². The van der Waals surface area contributed by atoms with E-state index in [9.17, 15) is 0 Å². The first kappa shape index (κ1) is 13.1. The van der Waals surface area contributed by atoms with Gasteiger partial charge in [-0.05, 0) is 30.6 Å². The molecule has 1 aliphatic carbocycles. The maximum Gasteiger partial charge on any atom is 0.0199 e. The molecule has 0 aliphatic heterocycles. The van der Waals surface area contributed by atoms with E-state index in [0.717, 1.165) is 23.8 Å². The normalized spacial score (nSPS) is 21.7. The minimum atomic E-state index is 0.709. The van der Waals surface area contributed by atoms with Crippen molar-refractivity contribution < 1.29 is 0 Å². The second-order valence-corrected chi connectivity index (χ2v) is 5.20. The van der Waals surface area contributed by atoms with Crippen molar-refractivity contribution >= 4 is 0 Å². The van der Waals surface area contributed by atoms with Gasteiger partial charge in [-0.3, -0.25) is 0 Å². The van der Waals surface area contributed by atoms with Crippen molar-refractivity contribution in [2.75, 3.05) is 0 Å². The molecule has 0 aromatic heterocycles. The molecule has 0 aromatic rings. The lowest BCUT2D eigenvalue weighted by molar-refractivity contribution is 0.330. The van der Waals surface area contributed by atoms with E-state index >= 15 is 0 Å². The Morgan fingerprint density at radius 1 is 1.44 bits per heavy atom. The summed E-state index contributed by atoms with van der Waals surface area (Å²) in [6.45, 7) is 6.92. The third-order valence-electron chi connectivity index (χ3n) is 3.54. The number of allylic oxidation sites excluding steroid dienone is 4. The van der Waals surface area contributed by atoms with Gasteiger partial charge in [-0.25, -0.2) is 0 Å². The van der Waals surface area contributed by atoms with Gasteiger partial charge in [-0.2, -0.15) is 0 Å². The number of terminal acetylenes is 1. The van der Waals surface area contributed by atoms with E-state index in [4.69, 9.17) is 6.42 Å². The highest BCUT2D eigenvalue weighted by Gasteiger charge is 2.18. The summed E-state index contributed by atoms with van der Waals surface area (Å²) in [6.07, 6.45) is 17.1. The van der Waals surface area contributed by atoms with Crippen LogP contribution in [0.5, 0.6) is 0 Å². The Bertz CT molecular complexity index is 298. The molecule has 0 saturated heterocycles. The van der Waals surface area contributed by atoms with Crippen LogP contribution >= 0.6 is 0 Å². The van der Waals surface area contributed by atoms with Gasteiger partial charge in [0.25, 0.3) is 0 Å². The fourth-order valence-electron chi connectivity index (χ4n) is 2.36. The molecule has 0 fully saturated rings. The zero-order chi connectivity index (χ0) is 12.0. The fraction of sp³-hybridized carbons (Fsp3) is 0.625. The molecule has 0 bridgehead atoms. The van der Waals surface area contributed by atoms with Crippen molar-refractivity contribution in [1.29, 1.82) is 0 Å². The Balaban J connectivity index is 2.48. The first-order valence-corrected chi connectivity index (χ1v) is 6.52. The van der Waals surface area contributed by atoms with Gasteiger partial charge in [-0.1, -0.05) is 57.8 Å². The van der Waals surface area contributed by atoms with Crippen LogP contribution < -0.4 is 0 Å². The second-order valence-electron chi connectivity index (χ2n) is 5.20. The zero-order valence-corrected chi connectivity index (χ0v) is 10.9. The van der Waals surface area contributed by atoms with Crippen molar-refractivity contribution in [2.45, 2.75) is 46.5 Å². The Morgan fingerprint density at radius 3 is 2.62 bits per heavy atom. The van der Waals surface area contributed by atoms with Crippen LogP contribution in [0, 0.1) is 30.1 Å². The highest BCUT2D eigenvalue weighted by molar-refractivity contribution is 5.38. The van der Waals surface area contributed by atoms with E-state index < -0.39 is 0 Å². The minimum absolute atomic E-state index is 0.709. The van der Waals surface area contributed by atoms with Crippen LogP contribution in [0.3, 0.4) is 0 Å². The topological polar surface area (TPSA) is 0 Å². The summed E-state index contributed by atoms with van der Waals surface area (Å²) in [5, 5.41) is 0. The molecule has 0 saturated carbocycles. The average molecular weight is 216 g/mol. The second kappa shape index (κ2) is 6.59. The smallest absolute Gasteiger partial charge is 0.0199 e. The average Bonchev–Trinajstić information content (AvgIpc) is 2.30. The lowest BCUT2D eigenvalue weighted by Gasteiger charge is -2.25. The summed E-state index contributed by atoms with van der Waals surface area (Å²) in [6, 6.07) is 0. The Morgan fingerprint density at radius 2 is 2.19 bits per heavy atom. The molecule has 0 radical (unpaired) electrons. The van der Waals surface area contributed by atoms with Crippen molar-refractivity contribution in [3.05, 3.63) is 23.8 Å². The summed E-state index contributed by atoms with van der Waals surface area (Å²) in [4.78, 5) is 0. The van der Waals surface area contributed by atoms with Gasteiger partial charge >= 0.3 is 0 Å². The summed E-state index contributed by atoms with van der Waals surface area (Å²) in [5.41, 5.74) is 1.05. The van der Waals surface area contributed by atoms with Gasteiger partial charge < -0.3 is 0 Å². The largest absolute Gasteiger partial charge is 0.115 e. The maximum absolute atomic E-state index is 5.39. The summed E-state index contributed by atoms with van der Waals surface area (Å²) < 4.78 is 0. The van der Waals surface area contributed by atoms with Gasteiger partial charge in [0.1, 0.15) is 0 Å². The van der Waals surface area contributed by atoms with Crippen LogP contribution in [-0.4, -0.2) is 0 Å². The molecule has 1 rings (SSSR count). The van der Waals surface area contributed by atoms with E-state index in [1.807, 2.05) is 0 Å². The van der Waals surface area contributed by atoms with E-state index in [0.29, 0.717) is 5.92 Å². The monoisotopic (exact) mass is 216 g/mol. The number of rotatable bonds is 5. The quantitative estimate of drug-likeness (QED) is 0.590. The van der Waals surface area contributed by atoms with Gasteiger partial charge in [0.15, 0.2) is 0 Å². The maximum atomic E-state index is 5.39. The van der Waals surface area contributed by atoms with Crippen LogP contribution in [0.2, 0.25) is 0 Å². The lowest BCUT2D eigenvalue weighted by atomic mass is 9.80. The molecule has 16 heavy (non-hydrogen) atoms. The fourth-order valence-corrected chi connectivity index (χ4v) is 2.36. The Kier molecular flexibility index (Phi) is 5.39. The van der Waals surface area contributed by atoms with Gasteiger partial charge in [0.05, 0.1) is 0 Å². The highest BCUT2D eigenvalue weighted by Crippen LogP contribution is 2.30. The molecular weight excluding hydrogens is 192 g/mol. The SMILES string of the molecule is C#CC1=CCC(C(CC)CCC(C)C)C=C1.